The first-order valence-electron chi connectivity index (χ1n) is 6.14. The number of anilines is 1. The maximum absolute atomic E-state index is 12.0. The van der Waals surface area contributed by atoms with E-state index in [1.165, 1.54) is 0 Å². The summed E-state index contributed by atoms with van der Waals surface area (Å²) in [4.78, 5) is 13.8. The minimum absolute atomic E-state index is 0.0220. The van der Waals surface area contributed by atoms with E-state index >= 15 is 0 Å². The number of benzene rings is 1. The molecule has 1 aliphatic heterocycles. The van der Waals surface area contributed by atoms with E-state index in [2.05, 4.69) is 5.32 Å². The van der Waals surface area contributed by atoms with Gasteiger partial charge in [-0.15, -0.1) is 0 Å². The first kappa shape index (κ1) is 11.9. The number of carbonyl (C=O) groups excluding carboxylic acids is 1. The van der Waals surface area contributed by atoms with Gasteiger partial charge in [0, 0.05) is 19.1 Å². The summed E-state index contributed by atoms with van der Waals surface area (Å²) in [6, 6.07) is 7.88. The molecule has 0 saturated heterocycles. The summed E-state index contributed by atoms with van der Waals surface area (Å²) in [6.07, 6.45) is 1.76. The van der Waals surface area contributed by atoms with E-state index < -0.39 is 0 Å². The van der Waals surface area contributed by atoms with Crippen molar-refractivity contribution in [1.82, 2.24) is 5.32 Å². The van der Waals surface area contributed by atoms with Crippen molar-refractivity contribution in [1.29, 1.82) is 0 Å². The molecule has 0 aliphatic carbocycles. The molecule has 1 aromatic carbocycles. The Kier molecular flexibility index (Phi) is 3.64. The Morgan fingerprint density at radius 2 is 2.29 bits per heavy atom. The maximum Gasteiger partial charge on any atom is 0.321 e. The lowest BCUT2D eigenvalue weighted by atomic mass is 9.97. The molecule has 1 atom stereocenters. The van der Waals surface area contributed by atoms with Crippen molar-refractivity contribution in [2.24, 2.45) is 5.73 Å². The minimum atomic E-state index is -0.0220. The zero-order valence-corrected chi connectivity index (χ0v) is 10.1. The molecule has 3 N–H and O–H groups in total. The molecule has 4 nitrogen and oxygen atoms in total. The lowest BCUT2D eigenvalue weighted by molar-refractivity contribution is 0.245. The van der Waals surface area contributed by atoms with Crippen molar-refractivity contribution in [2.45, 2.75) is 25.8 Å². The monoisotopic (exact) mass is 233 g/mol. The van der Waals surface area contributed by atoms with Crippen LogP contribution in [0, 0.1) is 0 Å². The molecular weight excluding hydrogens is 214 g/mol. The van der Waals surface area contributed by atoms with E-state index in [1.54, 1.807) is 4.90 Å². The number of urea groups is 1. The summed E-state index contributed by atoms with van der Waals surface area (Å²) in [7, 11) is 0. The highest BCUT2D eigenvalue weighted by Crippen LogP contribution is 2.31. The molecule has 2 amide bonds. The largest absolute Gasteiger partial charge is 0.338 e. The van der Waals surface area contributed by atoms with E-state index in [0.29, 0.717) is 13.1 Å². The summed E-state index contributed by atoms with van der Waals surface area (Å²) >= 11 is 0. The molecule has 0 aromatic heterocycles. The van der Waals surface area contributed by atoms with Gasteiger partial charge >= 0.3 is 6.03 Å². The number of nitrogens with one attached hydrogen (secondary N) is 1. The normalized spacial score (nSPS) is 18.7. The minimum Gasteiger partial charge on any atom is -0.338 e. The molecule has 0 fully saturated rings. The second-order valence-electron chi connectivity index (χ2n) is 4.34. The molecule has 1 aliphatic rings. The number of hydrogen-bond acceptors (Lipinski definition) is 2. The average molecular weight is 233 g/mol. The number of hydrogen-bond donors (Lipinski definition) is 2. The zero-order valence-electron chi connectivity index (χ0n) is 10.1. The third kappa shape index (κ3) is 2.42. The van der Waals surface area contributed by atoms with E-state index in [4.69, 9.17) is 5.73 Å². The highest BCUT2D eigenvalue weighted by Gasteiger charge is 2.25. The van der Waals surface area contributed by atoms with Crippen LogP contribution >= 0.6 is 0 Å². The Bertz CT molecular complexity index is 405. The molecule has 1 aromatic rings. The first-order valence-corrected chi connectivity index (χ1v) is 6.14. The van der Waals surface area contributed by atoms with E-state index in [1.807, 2.05) is 31.2 Å². The van der Waals surface area contributed by atoms with Crippen LogP contribution in [0.1, 0.15) is 31.4 Å². The van der Waals surface area contributed by atoms with Crippen LogP contribution in [0.3, 0.4) is 0 Å². The molecule has 4 heteroatoms. The molecule has 0 radical (unpaired) electrons. The van der Waals surface area contributed by atoms with Gasteiger partial charge in [-0.25, -0.2) is 4.79 Å². The number of rotatable bonds is 2. The lowest BCUT2D eigenvalue weighted by Gasteiger charge is -2.32. The number of nitrogens with two attached hydrogens (primary N) is 1. The lowest BCUT2D eigenvalue weighted by Crippen LogP contribution is -2.44. The van der Waals surface area contributed by atoms with Crippen molar-refractivity contribution in [3.63, 3.8) is 0 Å². The fraction of sp³-hybridized carbons (Fsp3) is 0.462. The van der Waals surface area contributed by atoms with Crippen LogP contribution in [-0.2, 0) is 0 Å². The fourth-order valence-electron chi connectivity index (χ4n) is 2.13. The van der Waals surface area contributed by atoms with Crippen LogP contribution in [0.4, 0.5) is 10.5 Å². The fourth-order valence-corrected chi connectivity index (χ4v) is 2.13. The number of para-hydroxylation sites is 1. The third-order valence-electron chi connectivity index (χ3n) is 3.06. The Morgan fingerprint density at radius 3 is 3.06 bits per heavy atom. The molecule has 92 valence electrons. The summed E-state index contributed by atoms with van der Waals surface area (Å²) in [5.41, 5.74) is 8.06. The van der Waals surface area contributed by atoms with Crippen LogP contribution in [0.2, 0.25) is 0 Å². The molecule has 1 unspecified atom stereocenters. The summed E-state index contributed by atoms with van der Waals surface area (Å²) in [5, 5.41) is 2.90. The molecular formula is C13H19N3O. The standard InChI is InChI=1S/C13H19N3O/c1-2-8-15-13(17)16-9-7-11(14)10-5-3-4-6-12(10)16/h3-6,11H,2,7-9,14H2,1H3,(H,15,17). The Labute approximate surface area is 102 Å². The Hall–Kier alpha value is -1.55. The van der Waals surface area contributed by atoms with E-state index in [9.17, 15) is 4.79 Å². The molecule has 0 saturated carbocycles. The summed E-state index contributed by atoms with van der Waals surface area (Å²) in [5.74, 6) is 0. The Morgan fingerprint density at radius 1 is 1.53 bits per heavy atom. The quantitative estimate of drug-likeness (QED) is 0.821. The number of fused-ring (bicyclic) bond motifs is 1. The molecule has 17 heavy (non-hydrogen) atoms. The van der Waals surface area contributed by atoms with Gasteiger partial charge in [-0.2, -0.15) is 0 Å². The van der Waals surface area contributed by atoms with Gasteiger partial charge in [0.25, 0.3) is 0 Å². The highest BCUT2D eigenvalue weighted by atomic mass is 16.2. The van der Waals surface area contributed by atoms with Crippen molar-refractivity contribution >= 4 is 11.7 Å². The molecule has 0 bridgehead atoms. The maximum atomic E-state index is 12.0. The van der Waals surface area contributed by atoms with Gasteiger partial charge in [0.05, 0.1) is 5.69 Å². The zero-order chi connectivity index (χ0) is 12.3. The van der Waals surface area contributed by atoms with Crippen LogP contribution in [0.25, 0.3) is 0 Å². The number of carbonyl (C=O) groups is 1. The average Bonchev–Trinajstić information content (AvgIpc) is 2.37. The topological polar surface area (TPSA) is 58.4 Å². The van der Waals surface area contributed by atoms with Crippen molar-refractivity contribution < 1.29 is 4.79 Å². The van der Waals surface area contributed by atoms with Gasteiger partial charge in [0.2, 0.25) is 0 Å². The molecule has 1 heterocycles. The second-order valence-corrected chi connectivity index (χ2v) is 4.34. The van der Waals surface area contributed by atoms with Gasteiger partial charge in [-0.3, -0.25) is 4.90 Å². The van der Waals surface area contributed by atoms with Crippen LogP contribution in [0.5, 0.6) is 0 Å². The smallest absolute Gasteiger partial charge is 0.321 e. The predicted octanol–water partition coefficient (Wildman–Crippen LogP) is 2.02. The van der Waals surface area contributed by atoms with Gasteiger partial charge < -0.3 is 11.1 Å². The number of nitrogens with zero attached hydrogens (tertiary/aromatic N) is 1. The molecule has 0 spiro atoms. The van der Waals surface area contributed by atoms with Gasteiger partial charge in [-0.05, 0) is 24.5 Å². The van der Waals surface area contributed by atoms with Gasteiger partial charge in [0.1, 0.15) is 0 Å². The van der Waals surface area contributed by atoms with Crippen LogP contribution in [0.15, 0.2) is 24.3 Å². The van der Waals surface area contributed by atoms with Crippen LogP contribution in [-0.4, -0.2) is 19.1 Å². The van der Waals surface area contributed by atoms with E-state index in [-0.39, 0.29) is 12.1 Å². The van der Waals surface area contributed by atoms with Crippen molar-refractivity contribution in [2.75, 3.05) is 18.0 Å². The van der Waals surface area contributed by atoms with Crippen LogP contribution < -0.4 is 16.0 Å². The first-order chi connectivity index (χ1) is 8.24. The molecule has 2 rings (SSSR count). The third-order valence-corrected chi connectivity index (χ3v) is 3.06. The van der Waals surface area contributed by atoms with Gasteiger partial charge in [0.15, 0.2) is 0 Å². The second kappa shape index (κ2) is 5.19. The SMILES string of the molecule is CCCNC(=O)N1CCC(N)c2ccccc21. The summed E-state index contributed by atoms with van der Waals surface area (Å²) in [6.45, 7) is 3.44. The van der Waals surface area contributed by atoms with Gasteiger partial charge in [-0.1, -0.05) is 25.1 Å². The van der Waals surface area contributed by atoms with E-state index in [0.717, 1.165) is 24.1 Å². The van der Waals surface area contributed by atoms with Crippen molar-refractivity contribution in [3.05, 3.63) is 29.8 Å². The Balaban J connectivity index is 2.21. The number of amides is 2. The predicted molar refractivity (Wildman–Crippen MR) is 69.0 cm³/mol. The van der Waals surface area contributed by atoms with Crippen molar-refractivity contribution in [3.8, 4) is 0 Å². The summed E-state index contributed by atoms with van der Waals surface area (Å²) < 4.78 is 0. The highest BCUT2D eigenvalue weighted by molar-refractivity contribution is 5.93.